The zero-order chi connectivity index (χ0) is 11.2. The van der Waals surface area contributed by atoms with Crippen LogP contribution in [-0.4, -0.2) is 12.6 Å². The monoisotopic (exact) mass is 221 g/mol. The molecule has 0 heterocycles. The quantitative estimate of drug-likeness (QED) is 0.691. The van der Waals surface area contributed by atoms with E-state index < -0.39 is 0 Å². The van der Waals surface area contributed by atoms with E-state index in [0.717, 1.165) is 12.5 Å². The van der Waals surface area contributed by atoms with Crippen LogP contribution in [0, 0.1) is 5.92 Å². The van der Waals surface area contributed by atoms with Crippen LogP contribution in [0.4, 0.5) is 0 Å². The highest BCUT2D eigenvalue weighted by Crippen LogP contribution is 2.31. The normalized spacial score (nSPS) is 24.4. The fourth-order valence-electron chi connectivity index (χ4n) is 3.38. The minimum Gasteiger partial charge on any atom is -0.311 e. The molecule has 0 spiro atoms. The first-order valence-corrected chi connectivity index (χ1v) is 7.32. The van der Waals surface area contributed by atoms with Crippen molar-refractivity contribution in [1.82, 2.24) is 5.32 Å². The van der Waals surface area contributed by atoms with Gasteiger partial charge in [-0.1, -0.05) is 50.7 Å². The Morgan fingerprint density at radius 1 is 1.25 bits per heavy atom. The first-order chi connectivity index (χ1) is 7.90. The Balaban J connectivity index is 1.85. The molecule has 0 aromatic carbocycles. The van der Waals surface area contributed by atoms with E-state index in [1.165, 1.54) is 57.8 Å². The van der Waals surface area contributed by atoms with Crippen LogP contribution in [0.15, 0.2) is 11.6 Å². The molecule has 1 nitrogen and oxygen atoms in total. The molecule has 0 radical (unpaired) electrons. The van der Waals surface area contributed by atoms with E-state index in [-0.39, 0.29) is 0 Å². The number of nitrogens with one attached hydrogen (secondary N) is 1. The van der Waals surface area contributed by atoms with Gasteiger partial charge in [0.05, 0.1) is 0 Å². The Bertz CT molecular complexity index is 226. The van der Waals surface area contributed by atoms with Crippen molar-refractivity contribution in [2.45, 2.75) is 70.8 Å². The highest BCUT2D eigenvalue weighted by Gasteiger charge is 2.22. The van der Waals surface area contributed by atoms with Crippen LogP contribution in [-0.2, 0) is 0 Å². The maximum absolute atomic E-state index is 3.70. The third-order valence-corrected chi connectivity index (χ3v) is 4.27. The third kappa shape index (κ3) is 3.35. The van der Waals surface area contributed by atoms with Crippen LogP contribution in [0.5, 0.6) is 0 Å². The molecule has 0 aliphatic heterocycles. The molecule has 2 rings (SSSR count). The van der Waals surface area contributed by atoms with E-state index in [1.54, 1.807) is 5.57 Å². The Morgan fingerprint density at radius 3 is 2.69 bits per heavy atom. The lowest BCUT2D eigenvalue weighted by Gasteiger charge is -2.28. The Labute approximate surface area is 101 Å². The number of rotatable bonds is 5. The van der Waals surface area contributed by atoms with Crippen molar-refractivity contribution in [3.05, 3.63) is 11.6 Å². The lowest BCUT2D eigenvalue weighted by atomic mass is 9.83. The summed E-state index contributed by atoms with van der Waals surface area (Å²) in [6.45, 7) is 3.36. The fourth-order valence-corrected chi connectivity index (χ4v) is 3.38. The Morgan fingerprint density at radius 2 is 2.06 bits per heavy atom. The Hall–Kier alpha value is -0.300. The fraction of sp³-hybridized carbons (Fsp3) is 0.867. The minimum atomic E-state index is 0.704. The lowest BCUT2D eigenvalue weighted by Crippen LogP contribution is -2.33. The summed E-state index contributed by atoms with van der Waals surface area (Å²) < 4.78 is 0. The highest BCUT2D eigenvalue weighted by molar-refractivity contribution is 5.15. The molecule has 0 aromatic rings. The second kappa shape index (κ2) is 6.44. The minimum absolute atomic E-state index is 0.704. The van der Waals surface area contributed by atoms with E-state index >= 15 is 0 Å². The highest BCUT2D eigenvalue weighted by atomic mass is 14.9. The predicted octanol–water partition coefficient (Wildman–Crippen LogP) is 4.05. The van der Waals surface area contributed by atoms with Gasteiger partial charge < -0.3 is 5.32 Å². The SMILES string of the molecule is CCNC(CC1CCCCC1)C1=CCCC1. The summed E-state index contributed by atoms with van der Waals surface area (Å²) in [6.07, 6.45) is 15.4. The lowest BCUT2D eigenvalue weighted by molar-refractivity contribution is 0.311. The molecule has 0 saturated heterocycles. The molecule has 0 amide bonds. The molecule has 1 atom stereocenters. The van der Waals surface area contributed by atoms with Crippen molar-refractivity contribution >= 4 is 0 Å². The molecule has 16 heavy (non-hydrogen) atoms. The molecular formula is C15H27N. The molecule has 0 bridgehead atoms. The first-order valence-electron chi connectivity index (χ1n) is 7.32. The molecule has 2 aliphatic carbocycles. The molecular weight excluding hydrogens is 194 g/mol. The van der Waals surface area contributed by atoms with Gasteiger partial charge in [-0.2, -0.15) is 0 Å². The van der Waals surface area contributed by atoms with Gasteiger partial charge in [-0.15, -0.1) is 0 Å². The van der Waals surface area contributed by atoms with E-state index in [4.69, 9.17) is 0 Å². The zero-order valence-corrected chi connectivity index (χ0v) is 10.8. The van der Waals surface area contributed by atoms with Gasteiger partial charge in [0.1, 0.15) is 0 Å². The zero-order valence-electron chi connectivity index (χ0n) is 10.8. The summed E-state index contributed by atoms with van der Waals surface area (Å²) >= 11 is 0. The Kier molecular flexibility index (Phi) is 4.90. The van der Waals surface area contributed by atoms with Crippen molar-refractivity contribution in [2.24, 2.45) is 5.92 Å². The summed E-state index contributed by atoms with van der Waals surface area (Å²) in [5.41, 5.74) is 1.72. The first kappa shape index (κ1) is 12.2. The second-order valence-electron chi connectivity index (χ2n) is 5.52. The second-order valence-corrected chi connectivity index (χ2v) is 5.52. The summed E-state index contributed by atoms with van der Waals surface area (Å²) in [7, 11) is 0. The van der Waals surface area contributed by atoms with Crippen LogP contribution >= 0.6 is 0 Å². The molecule has 1 heteroatoms. The maximum atomic E-state index is 3.70. The average Bonchev–Trinajstić information content (AvgIpc) is 2.83. The smallest absolute Gasteiger partial charge is 0.0281 e. The van der Waals surface area contributed by atoms with Gasteiger partial charge in [0, 0.05) is 6.04 Å². The van der Waals surface area contributed by atoms with Crippen LogP contribution < -0.4 is 5.32 Å². The standard InChI is InChI=1S/C15H27N/c1-2-16-15(14-10-6-7-11-14)12-13-8-4-3-5-9-13/h10,13,15-16H,2-9,11-12H2,1H3. The van der Waals surface area contributed by atoms with Crippen molar-refractivity contribution in [3.8, 4) is 0 Å². The number of likely N-dealkylation sites (N-methyl/N-ethyl adjacent to an activating group) is 1. The van der Waals surface area contributed by atoms with Crippen LogP contribution in [0.3, 0.4) is 0 Å². The van der Waals surface area contributed by atoms with Crippen LogP contribution in [0.2, 0.25) is 0 Å². The van der Waals surface area contributed by atoms with Crippen molar-refractivity contribution in [2.75, 3.05) is 6.54 Å². The number of hydrogen-bond donors (Lipinski definition) is 1. The van der Waals surface area contributed by atoms with Crippen LogP contribution in [0.1, 0.15) is 64.7 Å². The largest absolute Gasteiger partial charge is 0.311 e. The average molecular weight is 221 g/mol. The van der Waals surface area contributed by atoms with Gasteiger partial charge in [0.2, 0.25) is 0 Å². The van der Waals surface area contributed by atoms with Gasteiger partial charge in [-0.3, -0.25) is 0 Å². The van der Waals surface area contributed by atoms with Gasteiger partial charge in [-0.25, -0.2) is 0 Å². The van der Waals surface area contributed by atoms with E-state index in [2.05, 4.69) is 18.3 Å². The molecule has 0 aromatic heterocycles. The number of hydrogen-bond acceptors (Lipinski definition) is 1. The summed E-state index contributed by atoms with van der Waals surface area (Å²) in [5, 5.41) is 3.70. The van der Waals surface area contributed by atoms with Crippen molar-refractivity contribution in [3.63, 3.8) is 0 Å². The van der Waals surface area contributed by atoms with Crippen molar-refractivity contribution < 1.29 is 0 Å². The molecule has 1 N–H and O–H groups in total. The van der Waals surface area contributed by atoms with Crippen molar-refractivity contribution in [1.29, 1.82) is 0 Å². The van der Waals surface area contributed by atoms with Gasteiger partial charge in [0.15, 0.2) is 0 Å². The van der Waals surface area contributed by atoms with E-state index in [0.29, 0.717) is 6.04 Å². The molecule has 1 unspecified atom stereocenters. The summed E-state index contributed by atoms with van der Waals surface area (Å²) in [4.78, 5) is 0. The van der Waals surface area contributed by atoms with Crippen LogP contribution in [0.25, 0.3) is 0 Å². The maximum Gasteiger partial charge on any atom is 0.0281 e. The molecule has 1 fully saturated rings. The summed E-state index contributed by atoms with van der Waals surface area (Å²) in [6, 6.07) is 0.704. The van der Waals surface area contributed by atoms with Gasteiger partial charge in [0.25, 0.3) is 0 Å². The topological polar surface area (TPSA) is 12.0 Å². The van der Waals surface area contributed by atoms with Gasteiger partial charge in [-0.05, 0) is 38.1 Å². The third-order valence-electron chi connectivity index (χ3n) is 4.27. The molecule has 1 saturated carbocycles. The number of allylic oxidation sites excluding steroid dienone is 1. The predicted molar refractivity (Wildman–Crippen MR) is 70.6 cm³/mol. The molecule has 2 aliphatic rings. The molecule has 92 valence electrons. The van der Waals surface area contributed by atoms with E-state index in [9.17, 15) is 0 Å². The van der Waals surface area contributed by atoms with Gasteiger partial charge >= 0.3 is 0 Å². The summed E-state index contributed by atoms with van der Waals surface area (Å²) in [5.74, 6) is 0.999. The van der Waals surface area contributed by atoms with E-state index in [1.807, 2.05) is 0 Å².